The van der Waals surface area contributed by atoms with Crippen molar-refractivity contribution in [3.63, 3.8) is 0 Å². The van der Waals surface area contributed by atoms with E-state index in [0.29, 0.717) is 0 Å². The summed E-state index contributed by atoms with van der Waals surface area (Å²) < 4.78 is 1.11. The van der Waals surface area contributed by atoms with E-state index in [1.165, 1.54) is 5.56 Å². The summed E-state index contributed by atoms with van der Waals surface area (Å²) in [6, 6.07) is 8.35. The van der Waals surface area contributed by atoms with Crippen LogP contribution in [0.15, 0.2) is 33.7 Å². The normalized spacial score (nSPS) is 20.1. The molecule has 0 saturated carbocycles. The van der Waals surface area contributed by atoms with Crippen molar-refractivity contribution in [1.82, 2.24) is 5.32 Å². The molecule has 1 aromatic carbocycles. The van der Waals surface area contributed by atoms with Crippen LogP contribution in [0, 0.1) is 0 Å². The smallest absolute Gasteiger partial charge is 0.157 e. The van der Waals surface area contributed by atoms with Gasteiger partial charge in [-0.1, -0.05) is 53.7 Å². The zero-order valence-electron chi connectivity index (χ0n) is 10.9. The van der Waals surface area contributed by atoms with Crippen LogP contribution in [0.1, 0.15) is 32.3 Å². The lowest BCUT2D eigenvalue weighted by Crippen LogP contribution is -2.42. The third-order valence-electron chi connectivity index (χ3n) is 3.53. The molecule has 18 heavy (non-hydrogen) atoms. The van der Waals surface area contributed by atoms with Crippen LogP contribution in [-0.4, -0.2) is 16.5 Å². The quantitative estimate of drug-likeness (QED) is 0.896. The summed E-state index contributed by atoms with van der Waals surface area (Å²) in [6.45, 7) is 5.25. The monoisotopic (exact) mass is 326 g/mol. The highest BCUT2D eigenvalue weighted by molar-refractivity contribution is 9.10. The standard InChI is InChI=1S/C14H19BrN2S/c1-3-14(4-2)10-18-13(17-14)16-9-11-5-7-12(15)8-6-11/h5-8H,3-4,9-10H2,1-2H3,(H,16,17). The molecule has 98 valence electrons. The fraction of sp³-hybridized carbons (Fsp3) is 0.500. The van der Waals surface area contributed by atoms with Crippen molar-refractivity contribution >= 4 is 32.9 Å². The fourth-order valence-electron chi connectivity index (χ4n) is 1.97. The Bertz CT molecular complexity index is 424. The van der Waals surface area contributed by atoms with Crippen molar-refractivity contribution in [2.75, 3.05) is 5.75 Å². The molecule has 0 radical (unpaired) electrons. The number of benzene rings is 1. The lowest BCUT2D eigenvalue weighted by molar-refractivity contribution is 0.407. The van der Waals surface area contributed by atoms with E-state index in [1.807, 2.05) is 11.8 Å². The van der Waals surface area contributed by atoms with E-state index in [2.05, 4.69) is 64.4 Å². The van der Waals surface area contributed by atoms with Gasteiger partial charge in [0.25, 0.3) is 0 Å². The molecule has 2 rings (SSSR count). The van der Waals surface area contributed by atoms with E-state index in [-0.39, 0.29) is 5.54 Å². The molecule has 0 bridgehead atoms. The predicted octanol–water partition coefficient (Wildman–Crippen LogP) is 4.20. The van der Waals surface area contributed by atoms with Crippen LogP contribution >= 0.6 is 27.7 Å². The van der Waals surface area contributed by atoms with E-state index in [4.69, 9.17) is 0 Å². The zero-order valence-corrected chi connectivity index (χ0v) is 13.3. The predicted molar refractivity (Wildman–Crippen MR) is 84.2 cm³/mol. The third-order valence-corrected chi connectivity index (χ3v) is 5.26. The van der Waals surface area contributed by atoms with Gasteiger partial charge in [-0.15, -0.1) is 0 Å². The second-order valence-corrected chi connectivity index (χ2v) is 6.53. The van der Waals surface area contributed by atoms with Crippen LogP contribution in [-0.2, 0) is 6.54 Å². The second-order valence-electron chi connectivity index (χ2n) is 4.65. The van der Waals surface area contributed by atoms with Crippen LogP contribution < -0.4 is 5.32 Å². The molecule has 1 heterocycles. The number of amidine groups is 1. The van der Waals surface area contributed by atoms with Gasteiger partial charge in [0.05, 0.1) is 6.54 Å². The Morgan fingerprint density at radius 2 is 1.94 bits per heavy atom. The first-order chi connectivity index (χ1) is 8.67. The Labute approximate surface area is 122 Å². The van der Waals surface area contributed by atoms with Crippen LogP contribution in [0.25, 0.3) is 0 Å². The average molecular weight is 327 g/mol. The number of aliphatic imine (C=N–C) groups is 1. The molecule has 0 aliphatic carbocycles. The lowest BCUT2D eigenvalue weighted by atomic mass is 9.96. The second kappa shape index (κ2) is 6.11. The van der Waals surface area contributed by atoms with E-state index in [1.54, 1.807) is 0 Å². The maximum absolute atomic E-state index is 4.67. The number of halogens is 1. The number of nitrogens with zero attached hydrogens (tertiary/aromatic N) is 1. The van der Waals surface area contributed by atoms with Crippen molar-refractivity contribution in [2.45, 2.75) is 38.8 Å². The van der Waals surface area contributed by atoms with Crippen molar-refractivity contribution in [3.05, 3.63) is 34.3 Å². The first-order valence-electron chi connectivity index (χ1n) is 6.37. The summed E-state index contributed by atoms with van der Waals surface area (Å²) in [6.07, 6.45) is 2.32. The summed E-state index contributed by atoms with van der Waals surface area (Å²) in [4.78, 5) is 4.67. The Balaban J connectivity index is 1.97. The van der Waals surface area contributed by atoms with Crippen LogP contribution in [0.2, 0.25) is 0 Å². The number of hydrogen-bond acceptors (Lipinski definition) is 2. The Morgan fingerprint density at radius 3 is 2.50 bits per heavy atom. The molecule has 0 atom stereocenters. The minimum atomic E-state index is 0.267. The molecular weight excluding hydrogens is 308 g/mol. The van der Waals surface area contributed by atoms with Gasteiger partial charge in [-0.25, -0.2) is 0 Å². The van der Waals surface area contributed by atoms with Gasteiger partial charge in [-0.05, 0) is 30.5 Å². The number of rotatable bonds is 4. The highest BCUT2D eigenvalue weighted by Crippen LogP contribution is 2.29. The Morgan fingerprint density at radius 1 is 1.28 bits per heavy atom. The van der Waals surface area contributed by atoms with Crippen LogP contribution in [0.5, 0.6) is 0 Å². The minimum Gasteiger partial charge on any atom is -0.359 e. The third kappa shape index (κ3) is 3.29. The van der Waals surface area contributed by atoms with Gasteiger partial charge in [-0.3, -0.25) is 4.99 Å². The Hall–Kier alpha value is -0.480. The van der Waals surface area contributed by atoms with Crippen molar-refractivity contribution in [3.8, 4) is 0 Å². The maximum Gasteiger partial charge on any atom is 0.157 e. The van der Waals surface area contributed by atoms with Crippen molar-refractivity contribution in [1.29, 1.82) is 0 Å². The topological polar surface area (TPSA) is 24.4 Å². The number of nitrogens with one attached hydrogen (secondary N) is 1. The van der Waals surface area contributed by atoms with Crippen LogP contribution in [0.3, 0.4) is 0 Å². The van der Waals surface area contributed by atoms with Gasteiger partial charge >= 0.3 is 0 Å². The molecule has 0 spiro atoms. The van der Waals surface area contributed by atoms with Gasteiger partial charge in [0, 0.05) is 15.8 Å². The van der Waals surface area contributed by atoms with E-state index in [0.717, 1.165) is 34.8 Å². The van der Waals surface area contributed by atoms with Gasteiger partial charge in [-0.2, -0.15) is 0 Å². The molecule has 1 aliphatic heterocycles. The first-order valence-corrected chi connectivity index (χ1v) is 8.15. The van der Waals surface area contributed by atoms with Gasteiger partial charge in [0.15, 0.2) is 5.17 Å². The zero-order chi connectivity index (χ0) is 13.0. The van der Waals surface area contributed by atoms with Crippen molar-refractivity contribution < 1.29 is 0 Å². The van der Waals surface area contributed by atoms with Crippen molar-refractivity contribution in [2.24, 2.45) is 4.99 Å². The molecular formula is C14H19BrN2S. The van der Waals surface area contributed by atoms with E-state index < -0.39 is 0 Å². The molecule has 2 nitrogen and oxygen atoms in total. The molecule has 4 heteroatoms. The minimum absolute atomic E-state index is 0.267. The largest absolute Gasteiger partial charge is 0.359 e. The van der Waals surface area contributed by atoms with Gasteiger partial charge in [0.1, 0.15) is 0 Å². The highest BCUT2D eigenvalue weighted by Gasteiger charge is 2.33. The van der Waals surface area contributed by atoms with Crippen LogP contribution in [0.4, 0.5) is 0 Å². The summed E-state index contributed by atoms with van der Waals surface area (Å²) >= 11 is 5.29. The number of hydrogen-bond donors (Lipinski definition) is 1. The van der Waals surface area contributed by atoms with E-state index in [9.17, 15) is 0 Å². The summed E-state index contributed by atoms with van der Waals surface area (Å²) in [5, 5.41) is 4.69. The maximum atomic E-state index is 4.67. The first kappa shape index (κ1) is 13.9. The SMILES string of the molecule is CCC1(CC)CSC(=NCc2ccc(Br)cc2)N1. The molecule has 0 amide bonds. The van der Waals surface area contributed by atoms with E-state index >= 15 is 0 Å². The summed E-state index contributed by atoms with van der Waals surface area (Å²) in [7, 11) is 0. The van der Waals surface area contributed by atoms with Gasteiger partial charge < -0.3 is 5.32 Å². The molecule has 1 N–H and O–H groups in total. The summed E-state index contributed by atoms with van der Waals surface area (Å²) in [5.74, 6) is 1.14. The number of thioether (sulfide) groups is 1. The molecule has 1 aromatic rings. The molecule has 0 unspecified atom stereocenters. The highest BCUT2D eigenvalue weighted by atomic mass is 79.9. The van der Waals surface area contributed by atoms with Gasteiger partial charge in [0.2, 0.25) is 0 Å². The molecule has 1 saturated heterocycles. The summed E-state index contributed by atoms with van der Waals surface area (Å²) in [5.41, 5.74) is 1.52. The average Bonchev–Trinajstić information content (AvgIpc) is 2.82. The Kier molecular flexibility index (Phi) is 4.73. The fourth-order valence-corrected chi connectivity index (χ4v) is 3.58. The lowest BCUT2D eigenvalue weighted by Gasteiger charge is -2.25. The molecule has 0 aromatic heterocycles. The molecule has 1 fully saturated rings. The molecule has 1 aliphatic rings.